The number of carbonyl (C=O) groups is 2. The van der Waals surface area contributed by atoms with Crippen molar-refractivity contribution in [3.8, 4) is 0 Å². The molecular weight excluding hydrogens is 314 g/mol. The fraction of sp³-hybridized carbons (Fsp3) is 0.350. The molecule has 0 aliphatic carbocycles. The zero-order chi connectivity index (χ0) is 18.2. The maximum absolute atomic E-state index is 12.6. The van der Waals surface area contributed by atoms with Crippen molar-refractivity contribution in [3.63, 3.8) is 0 Å². The monoisotopic (exact) mass is 339 g/mol. The quantitative estimate of drug-likeness (QED) is 0.815. The number of benzene rings is 1. The van der Waals surface area contributed by atoms with Gasteiger partial charge >= 0.3 is 0 Å². The minimum atomic E-state index is -0.561. The standard InChI is InChI=1S/C20H25N3O2/c1-14(2)12-18(20(25)22-13-16-8-10-21-11-9-16)23-19(24)17-7-5-4-6-15(17)3/h4-11,14,18H,12-13H2,1-3H3,(H,22,25)(H,23,24). The summed E-state index contributed by atoms with van der Waals surface area (Å²) in [4.78, 5) is 29.1. The van der Waals surface area contributed by atoms with Gasteiger partial charge in [-0.1, -0.05) is 32.0 Å². The van der Waals surface area contributed by atoms with E-state index in [4.69, 9.17) is 0 Å². The van der Waals surface area contributed by atoms with E-state index in [0.29, 0.717) is 18.5 Å². The van der Waals surface area contributed by atoms with Crippen molar-refractivity contribution in [2.75, 3.05) is 0 Å². The normalized spacial score (nSPS) is 11.8. The molecule has 5 heteroatoms. The summed E-state index contributed by atoms with van der Waals surface area (Å²) in [5.41, 5.74) is 2.45. The van der Waals surface area contributed by atoms with Crippen LogP contribution in [0.4, 0.5) is 0 Å². The summed E-state index contributed by atoms with van der Waals surface area (Å²) in [7, 11) is 0. The van der Waals surface area contributed by atoms with Crippen LogP contribution in [0.2, 0.25) is 0 Å². The molecule has 2 N–H and O–H groups in total. The van der Waals surface area contributed by atoms with Crippen molar-refractivity contribution in [2.24, 2.45) is 5.92 Å². The lowest BCUT2D eigenvalue weighted by atomic mass is 10.0. The van der Waals surface area contributed by atoms with Crippen molar-refractivity contribution < 1.29 is 9.59 Å². The first-order chi connectivity index (χ1) is 12.0. The zero-order valence-electron chi connectivity index (χ0n) is 15.0. The maximum Gasteiger partial charge on any atom is 0.252 e. The summed E-state index contributed by atoms with van der Waals surface area (Å²) in [5.74, 6) is -0.107. The molecule has 132 valence electrons. The molecule has 2 aromatic rings. The number of hydrogen-bond acceptors (Lipinski definition) is 3. The van der Waals surface area contributed by atoms with Crippen LogP contribution in [0.25, 0.3) is 0 Å². The predicted octanol–water partition coefficient (Wildman–Crippen LogP) is 2.85. The van der Waals surface area contributed by atoms with Crippen molar-refractivity contribution in [2.45, 2.75) is 39.8 Å². The van der Waals surface area contributed by atoms with E-state index in [1.54, 1.807) is 18.5 Å². The first-order valence-electron chi connectivity index (χ1n) is 8.50. The number of aryl methyl sites for hydroxylation is 1. The molecule has 0 spiro atoms. The number of pyridine rings is 1. The minimum Gasteiger partial charge on any atom is -0.350 e. The van der Waals surface area contributed by atoms with Gasteiger partial charge in [0.1, 0.15) is 6.04 Å². The second kappa shape index (κ2) is 8.97. The average molecular weight is 339 g/mol. The Morgan fingerprint density at radius 1 is 1.08 bits per heavy atom. The lowest BCUT2D eigenvalue weighted by Crippen LogP contribution is -2.47. The zero-order valence-corrected chi connectivity index (χ0v) is 15.0. The van der Waals surface area contributed by atoms with Crippen molar-refractivity contribution in [1.82, 2.24) is 15.6 Å². The van der Waals surface area contributed by atoms with E-state index >= 15 is 0 Å². The third-order valence-electron chi connectivity index (χ3n) is 3.93. The molecule has 0 aliphatic heterocycles. The van der Waals surface area contributed by atoms with Crippen LogP contribution in [-0.4, -0.2) is 22.8 Å². The summed E-state index contributed by atoms with van der Waals surface area (Å²) in [5, 5.41) is 5.77. The molecule has 0 bridgehead atoms. The van der Waals surface area contributed by atoms with Gasteiger partial charge in [0.15, 0.2) is 0 Å². The van der Waals surface area contributed by atoms with Gasteiger partial charge in [0.2, 0.25) is 5.91 Å². The van der Waals surface area contributed by atoms with Gasteiger partial charge < -0.3 is 10.6 Å². The van der Waals surface area contributed by atoms with Gasteiger partial charge in [0.05, 0.1) is 0 Å². The number of carbonyl (C=O) groups excluding carboxylic acids is 2. The summed E-state index contributed by atoms with van der Waals surface area (Å²) in [6, 6.07) is 10.5. The lowest BCUT2D eigenvalue weighted by Gasteiger charge is -2.20. The number of aromatic nitrogens is 1. The van der Waals surface area contributed by atoms with Crippen molar-refractivity contribution in [3.05, 3.63) is 65.5 Å². The van der Waals surface area contributed by atoms with Crippen LogP contribution in [0.15, 0.2) is 48.8 Å². The Morgan fingerprint density at radius 2 is 1.76 bits per heavy atom. The Kier molecular flexibility index (Phi) is 6.69. The van der Waals surface area contributed by atoms with Gasteiger partial charge in [-0.2, -0.15) is 0 Å². The third-order valence-corrected chi connectivity index (χ3v) is 3.93. The average Bonchev–Trinajstić information content (AvgIpc) is 2.60. The van der Waals surface area contributed by atoms with Gasteiger partial charge in [-0.3, -0.25) is 14.6 Å². The Morgan fingerprint density at radius 3 is 2.40 bits per heavy atom. The number of amides is 2. The van der Waals surface area contributed by atoms with Crippen LogP contribution in [0.5, 0.6) is 0 Å². The summed E-state index contributed by atoms with van der Waals surface area (Å²) in [6.45, 7) is 6.36. The molecule has 0 radical (unpaired) electrons. The van der Waals surface area contributed by atoms with Gasteiger partial charge in [-0.15, -0.1) is 0 Å². The first kappa shape index (κ1) is 18.6. The molecule has 25 heavy (non-hydrogen) atoms. The van der Waals surface area contributed by atoms with Crippen LogP contribution in [-0.2, 0) is 11.3 Å². The van der Waals surface area contributed by atoms with Gasteiger partial charge in [-0.25, -0.2) is 0 Å². The fourth-order valence-corrected chi connectivity index (χ4v) is 2.58. The van der Waals surface area contributed by atoms with Crippen LogP contribution >= 0.6 is 0 Å². The van der Waals surface area contributed by atoms with Gasteiger partial charge in [0.25, 0.3) is 5.91 Å². The lowest BCUT2D eigenvalue weighted by molar-refractivity contribution is -0.123. The Balaban J connectivity index is 2.03. The summed E-state index contributed by atoms with van der Waals surface area (Å²) >= 11 is 0. The molecule has 2 rings (SSSR count). The Hall–Kier alpha value is -2.69. The number of hydrogen-bond donors (Lipinski definition) is 2. The van der Waals surface area contributed by atoms with Crippen LogP contribution < -0.4 is 10.6 Å². The van der Waals surface area contributed by atoms with Gasteiger partial charge in [-0.05, 0) is 48.6 Å². The second-order valence-corrected chi connectivity index (χ2v) is 6.54. The summed E-state index contributed by atoms with van der Waals surface area (Å²) < 4.78 is 0. The highest BCUT2D eigenvalue weighted by molar-refractivity contribution is 5.98. The van der Waals surface area contributed by atoms with Crippen molar-refractivity contribution >= 4 is 11.8 Å². The molecule has 0 saturated carbocycles. The molecule has 0 aliphatic rings. The van der Waals surface area contributed by atoms with Gasteiger partial charge in [0, 0.05) is 24.5 Å². The van der Waals surface area contributed by atoms with E-state index < -0.39 is 6.04 Å². The van der Waals surface area contributed by atoms with Crippen molar-refractivity contribution in [1.29, 1.82) is 0 Å². The highest BCUT2D eigenvalue weighted by atomic mass is 16.2. The second-order valence-electron chi connectivity index (χ2n) is 6.54. The molecule has 5 nitrogen and oxygen atoms in total. The Bertz CT molecular complexity index is 714. The first-order valence-corrected chi connectivity index (χ1v) is 8.50. The smallest absolute Gasteiger partial charge is 0.252 e. The van der Waals surface area contributed by atoms with E-state index in [1.165, 1.54) is 0 Å². The van der Waals surface area contributed by atoms with Crippen LogP contribution in [0, 0.1) is 12.8 Å². The molecule has 1 unspecified atom stereocenters. The van der Waals surface area contributed by atoms with E-state index in [1.807, 2.05) is 51.1 Å². The molecular formula is C20H25N3O2. The molecule has 0 fully saturated rings. The van der Waals surface area contributed by atoms with E-state index in [0.717, 1.165) is 11.1 Å². The van der Waals surface area contributed by atoms with Crippen LogP contribution in [0.3, 0.4) is 0 Å². The molecule has 0 saturated heterocycles. The third kappa shape index (κ3) is 5.71. The topological polar surface area (TPSA) is 71.1 Å². The Labute approximate surface area is 148 Å². The highest BCUT2D eigenvalue weighted by Crippen LogP contribution is 2.10. The van der Waals surface area contributed by atoms with E-state index in [2.05, 4.69) is 15.6 Å². The van der Waals surface area contributed by atoms with E-state index in [9.17, 15) is 9.59 Å². The van der Waals surface area contributed by atoms with Crippen LogP contribution in [0.1, 0.15) is 41.8 Å². The van der Waals surface area contributed by atoms with E-state index in [-0.39, 0.29) is 17.7 Å². The highest BCUT2D eigenvalue weighted by Gasteiger charge is 2.22. The SMILES string of the molecule is Cc1ccccc1C(=O)NC(CC(C)C)C(=O)NCc1ccncc1. The minimum absolute atomic E-state index is 0.174. The summed E-state index contributed by atoms with van der Waals surface area (Å²) in [6.07, 6.45) is 3.96. The molecule has 1 aromatic carbocycles. The fourth-order valence-electron chi connectivity index (χ4n) is 2.58. The predicted molar refractivity (Wildman–Crippen MR) is 98.0 cm³/mol. The molecule has 1 heterocycles. The number of rotatable bonds is 7. The molecule has 1 atom stereocenters. The molecule has 1 aromatic heterocycles. The number of nitrogens with zero attached hydrogens (tertiary/aromatic N) is 1. The number of nitrogens with one attached hydrogen (secondary N) is 2. The largest absolute Gasteiger partial charge is 0.350 e. The maximum atomic E-state index is 12.6. The molecule has 2 amide bonds.